The first-order valence-electron chi connectivity index (χ1n) is 10.2. The van der Waals surface area contributed by atoms with E-state index in [0.717, 1.165) is 16.9 Å². The zero-order valence-corrected chi connectivity index (χ0v) is 17.1. The van der Waals surface area contributed by atoms with Crippen LogP contribution < -0.4 is 9.64 Å². The Morgan fingerprint density at radius 2 is 1.77 bits per heavy atom. The van der Waals surface area contributed by atoms with Gasteiger partial charge in [-0.2, -0.15) is 5.26 Å². The van der Waals surface area contributed by atoms with Gasteiger partial charge < -0.3 is 14.5 Å². The standard InChI is InChI=1S/C24H23N5O2/c25-16-21-4-2-10-27-24(21)29-13-11-28(12-14-29)23(30)15-19-5-7-22(8-6-19)31-18-20-3-1-9-26-17-20/h1-10,17H,11-15,18H2. The van der Waals surface area contributed by atoms with Crippen molar-refractivity contribution in [1.29, 1.82) is 5.26 Å². The summed E-state index contributed by atoms with van der Waals surface area (Å²) in [4.78, 5) is 25.1. The van der Waals surface area contributed by atoms with Gasteiger partial charge in [0.2, 0.25) is 5.91 Å². The van der Waals surface area contributed by atoms with Crippen molar-refractivity contribution in [1.82, 2.24) is 14.9 Å². The minimum Gasteiger partial charge on any atom is -0.489 e. The number of rotatable bonds is 6. The molecule has 31 heavy (non-hydrogen) atoms. The summed E-state index contributed by atoms with van der Waals surface area (Å²) in [6.45, 7) is 3.02. The van der Waals surface area contributed by atoms with Crippen LogP contribution in [0.4, 0.5) is 5.82 Å². The molecular weight excluding hydrogens is 390 g/mol. The third-order valence-electron chi connectivity index (χ3n) is 5.25. The van der Waals surface area contributed by atoms with Gasteiger partial charge in [0.25, 0.3) is 0 Å². The van der Waals surface area contributed by atoms with Gasteiger partial charge in [0, 0.05) is 50.3 Å². The predicted molar refractivity (Wildman–Crippen MR) is 116 cm³/mol. The van der Waals surface area contributed by atoms with Gasteiger partial charge in [-0.25, -0.2) is 4.98 Å². The van der Waals surface area contributed by atoms with E-state index in [2.05, 4.69) is 20.9 Å². The molecule has 3 aromatic rings. The first-order chi connectivity index (χ1) is 15.2. The highest BCUT2D eigenvalue weighted by molar-refractivity contribution is 5.79. The van der Waals surface area contributed by atoms with Gasteiger partial charge in [-0.1, -0.05) is 18.2 Å². The van der Waals surface area contributed by atoms with Gasteiger partial charge in [-0.05, 0) is 35.9 Å². The van der Waals surface area contributed by atoms with E-state index in [1.807, 2.05) is 41.3 Å². The van der Waals surface area contributed by atoms with E-state index in [4.69, 9.17) is 4.74 Å². The molecule has 2 aromatic heterocycles. The maximum atomic E-state index is 12.7. The summed E-state index contributed by atoms with van der Waals surface area (Å²) < 4.78 is 5.77. The third kappa shape index (κ3) is 5.17. The fourth-order valence-corrected chi connectivity index (χ4v) is 3.54. The largest absolute Gasteiger partial charge is 0.489 e. The highest BCUT2D eigenvalue weighted by Crippen LogP contribution is 2.19. The Balaban J connectivity index is 1.27. The number of carbonyl (C=O) groups excluding carboxylic acids is 1. The topological polar surface area (TPSA) is 82.4 Å². The predicted octanol–water partition coefficient (Wildman–Crippen LogP) is 2.82. The van der Waals surface area contributed by atoms with Crippen molar-refractivity contribution in [2.45, 2.75) is 13.0 Å². The number of nitriles is 1. The minimum absolute atomic E-state index is 0.102. The molecule has 3 heterocycles. The van der Waals surface area contributed by atoms with Crippen LogP contribution >= 0.6 is 0 Å². The number of carbonyl (C=O) groups is 1. The Labute approximate surface area is 181 Å². The summed E-state index contributed by atoms with van der Waals surface area (Å²) in [6.07, 6.45) is 5.56. The molecule has 1 fully saturated rings. The van der Waals surface area contributed by atoms with Gasteiger partial charge in [0.05, 0.1) is 12.0 Å². The second-order valence-electron chi connectivity index (χ2n) is 7.32. The lowest BCUT2D eigenvalue weighted by molar-refractivity contribution is -0.130. The number of piperazine rings is 1. The summed E-state index contributed by atoms with van der Waals surface area (Å²) in [5.74, 6) is 1.56. The van der Waals surface area contributed by atoms with Crippen LogP contribution in [0.3, 0.4) is 0 Å². The quantitative estimate of drug-likeness (QED) is 0.618. The lowest BCUT2D eigenvalue weighted by atomic mass is 10.1. The zero-order valence-electron chi connectivity index (χ0n) is 17.1. The zero-order chi connectivity index (χ0) is 21.5. The van der Waals surface area contributed by atoms with E-state index in [1.165, 1.54) is 0 Å². The molecule has 0 N–H and O–H groups in total. The van der Waals surface area contributed by atoms with Crippen molar-refractivity contribution in [3.8, 4) is 11.8 Å². The molecule has 7 heteroatoms. The molecular formula is C24H23N5O2. The number of aromatic nitrogens is 2. The van der Waals surface area contributed by atoms with Crippen LogP contribution in [-0.4, -0.2) is 47.0 Å². The number of anilines is 1. The van der Waals surface area contributed by atoms with E-state index >= 15 is 0 Å². The van der Waals surface area contributed by atoms with E-state index in [0.29, 0.717) is 50.6 Å². The van der Waals surface area contributed by atoms with Crippen LogP contribution in [0.2, 0.25) is 0 Å². The van der Waals surface area contributed by atoms with Crippen molar-refractivity contribution in [3.05, 3.63) is 83.8 Å². The van der Waals surface area contributed by atoms with E-state index < -0.39 is 0 Å². The molecule has 1 amide bonds. The Kier molecular flexibility index (Phi) is 6.38. The first kappa shape index (κ1) is 20.4. The van der Waals surface area contributed by atoms with Gasteiger partial charge in [0.15, 0.2) is 0 Å². The molecule has 1 aromatic carbocycles. The summed E-state index contributed by atoms with van der Waals surface area (Å²) in [7, 11) is 0. The van der Waals surface area contributed by atoms with Crippen LogP contribution in [0, 0.1) is 11.3 Å². The smallest absolute Gasteiger partial charge is 0.227 e. The fourth-order valence-electron chi connectivity index (χ4n) is 3.54. The maximum absolute atomic E-state index is 12.7. The molecule has 0 spiro atoms. The molecule has 0 unspecified atom stereocenters. The van der Waals surface area contributed by atoms with Crippen molar-refractivity contribution < 1.29 is 9.53 Å². The number of hydrogen-bond donors (Lipinski definition) is 0. The van der Waals surface area contributed by atoms with E-state index in [1.54, 1.807) is 30.7 Å². The molecule has 0 atom stereocenters. The fraction of sp³-hybridized carbons (Fsp3) is 0.250. The second kappa shape index (κ2) is 9.72. The number of ether oxygens (including phenoxy) is 1. The number of hydrogen-bond acceptors (Lipinski definition) is 6. The molecule has 0 aliphatic carbocycles. The Hall–Kier alpha value is -3.92. The van der Waals surface area contributed by atoms with Crippen LogP contribution in [0.15, 0.2) is 67.1 Å². The number of pyridine rings is 2. The lowest BCUT2D eigenvalue weighted by Crippen LogP contribution is -2.49. The highest BCUT2D eigenvalue weighted by Gasteiger charge is 2.23. The first-order valence-corrected chi connectivity index (χ1v) is 10.2. The number of nitrogens with zero attached hydrogens (tertiary/aromatic N) is 5. The summed E-state index contributed by atoms with van der Waals surface area (Å²) >= 11 is 0. The molecule has 0 bridgehead atoms. The van der Waals surface area contributed by atoms with Gasteiger partial charge in [-0.15, -0.1) is 0 Å². The van der Waals surface area contributed by atoms with Crippen LogP contribution in [0.1, 0.15) is 16.7 Å². The van der Waals surface area contributed by atoms with Gasteiger partial charge in [-0.3, -0.25) is 9.78 Å². The number of benzene rings is 1. The van der Waals surface area contributed by atoms with Gasteiger partial charge >= 0.3 is 0 Å². The molecule has 7 nitrogen and oxygen atoms in total. The summed E-state index contributed by atoms with van der Waals surface area (Å²) in [5, 5.41) is 9.27. The van der Waals surface area contributed by atoms with Crippen LogP contribution in [-0.2, 0) is 17.8 Å². The average molecular weight is 413 g/mol. The highest BCUT2D eigenvalue weighted by atomic mass is 16.5. The minimum atomic E-state index is 0.102. The Morgan fingerprint density at radius 1 is 1.00 bits per heavy atom. The Bertz CT molecular complexity index is 1060. The maximum Gasteiger partial charge on any atom is 0.227 e. The normalized spacial score (nSPS) is 13.5. The third-order valence-corrected chi connectivity index (χ3v) is 5.25. The molecule has 4 rings (SSSR count). The molecule has 1 saturated heterocycles. The second-order valence-corrected chi connectivity index (χ2v) is 7.32. The van der Waals surface area contributed by atoms with E-state index in [9.17, 15) is 10.1 Å². The van der Waals surface area contributed by atoms with Crippen molar-refractivity contribution >= 4 is 11.7 Å². The van der Waals surface area contributed by atoms with Crippen molar-refractivity contribution in [3.63, 3.8) is 0 Å². The summed E-state index contributed by atoms with van der Waals surface area (Å²) in [5.41, 5.74) is 2.53. The SMILES string of the molecule is N#Cc1cccnc1N1CCN(C(=O)Cc2ccc(OCc3cccnc3)cc2)CC1. The molecule has 0 radical (unpaired) electrons. The number of amides is 1. The van der Waals surface area contributed by atoms with Crippen molar-refractivity contribution in [2.24, 2.45) is 0 Å². The molecule has 1 aliphatic rings. The monoisotopic (exact) mass is 413 g/mol. The van der Waals surface area contributed by atoms with E-state index in [-0.39, 0.29) is 5.91 Å². The molecule has 1 aliphatic heterocycles. The summed E-state index contributed by atoms with van der Waals surface area (Å²) in [6, 6.07) is 17.2. The average Bonchev–Trinajstić information content (AvgIpc) is 2.84. The molecule has 0 saturated carbocycles. The van der Waals surface area contributed by atoms with Crippen LogP contribution in [0.5, 0.6) is 5.75 Å². The van der Waals surface area contributed by atoms with Crippen molar-refractivity contribution in [2.75, 3.05) is 31.1 Å². The molecule has 156 valence electrons. The Morgan fingerprint density at radius 3 is 2.48 bits per heavy atom. The van der Waals surface area contributed by atoms with Gasteiger partial charge in [0.1, 0.15) is 24.2 Å². The lowest BCUT2D eigenvalue weighted by Gasteiger charge is -2.35. The van der Waals surface area contributed by atoms with Crippen LogP contribution in [0.25, 0.3) is 0 Å².